The largest absolute Gasteiger partial charge is 0.484 e. The average Bonchev–Trinajstić information content (AvgIpc) is 3.16. The third-order valence-electron chi connectivity index (χ3n) is 4.40. The number of rotatable bonds is 9. The first-order valence-corrected chi connectivity index (χ1v) is 9.53. The number of aromatic nitrogens is 1. The second-order valence-corrected chi connectivity index (χ2v) is 6.56. The molecule has 0 unspecified atom stereocenters. The first-order chi connectivity index (χ1) is 13.8. The summed E-state index contributed by atoms with van der Waals surface area (Å²) in [5, 5.41) is 10.4. The smallest absolute Gasteiger partial charge is 0.422 e. The summed E-state index contributed by atoms with van der Waals surface area (Å²) in [6.07, 6.45) is -2.36. The zero-order valence-corrected chi connectivity index (χ0v) is 16.8. The van der Waals surface area contributed by atoms with Crippen LogP contribution in [0.2, 0.25) is 0 Å². The molecule has 1 aromatic carbocycles. The molecule has 0 spiro atoms. The number of nitrogens with one attached hydrogen (secondary N) is 2. The number of guanidine groups is 1. The summed E-state index contributed by atoms with van der Waals surface area (Å²) in [4.78, 5) is 4.14. The zero-order chi connectivity index (χ0) is 21.3. The molecule has 1 heterocycles. The van der Waals surface area contributed by atoms with E-state index in [1.165, 1.54) is 6.07 Å². The van der Waals surface area contributed by atoms with E-state index in [9.17, 15) is 13.2 Å². The van der Waals surface area contributed by atoms with Gasteiger partial charge >= 0.3 is 6.18 Å². The fourth-order valence-electron chi connectivity index (χ4n) is 2.80. The number of hydrogen-bond donors (Lipinski definition) is 2. The normalized spacial score (nSPS) is 12.3. The molecule has 2 rings (SSSR count). The molecule has 2 aromatic rings. The molecule has 0 bridgehead atoms. The maximum absolute atomic E-state index is 12.3. The number of nitrogens with zero attached hydrogens (tertiary/aromatic N) is 2. The Morgan fingerprint density at radius 1 is 1.17 bits per heavy atom. The molecule has 1 aromatic heterocycles. The first kappa shape index (κ1) is 22.6. The zero-order valence-electron chi connectivity index (χ0n) is 16.8. The van der Waals surface area contributed by atoms with Crippen molar-refractivity contribution < 1.29 is 22.4 Å². The van der Waals surface area contributed by atoms with Gasteiger partial charge in [0.15, 0.2) is 18.3 Å². The minimum absolute atomic E-state index is 0.167. The molecule has 0 saturated heterocycles. The van der Waals surface area contributed by atoms with Crippen molar-refractivity contribution >= 4 is 5.96 Å². The molecule has 0 amide bonds. The van der Waals surface area contributed by atoms with Crippen LogP contribution in [0.25, 0.3) is 0 Å². The molecule has 160 valence electrons. The molecule has 9 heteroatoms. The van der Waals surface area contributed by atoms with Gasteiger partial charge in [0.1, 0.15) is 5.75 Å². The molecule has 0 aliphatic rings. The fraction of sp³-hybridized carbons (Fsp3) is 0.500. The van der Waals surface area contributed by atoms with Gasteiger partial charge < -0.3 is 19.9 Å². The van der Waals surface area contributed by atoms with Crippen LogP contribution in [0.1, 0.15) is 49.6 Å². The van der Waals surface area contributed by atoms with Gasteiger partial charge in [0, 0.05) is 25.6 Å². The topological polar surface area (TPSA) is 71.7 Å². The predicted molar refractivity (Wildman–Crippen MR) is 105 cm³/mol. The van der Waals surface area contributed by atoms with Crippen molar-refractivity contribution in [3.63, 3.8) is 0 Å². The van der Waals surface area contributed by atoms with E-state index in [0.29, 0.717) is 30.7 Å². The molecule has 29 heavy (non-hydrogen) atoms. The van der Waals surface area contributed by atoms with Crippen LogP contribution in [0.3, 0.4) is 0 Å². The molecular weight excluding hydrogens is 385 g/mol. The van der Waals surface area contributed by atoms with Crippen molar-refractivity contribution in [3.05, 3.63) is 47.3 Å². The van der Waals surface area contributed by atoms with Crippen LogP contribution in [-0.4, -0.2) is 30.9 Å². The molecule has 6 nitrogen and oxygen atoms in total. The van der Waals surface area contributed by atoms with E-state index < -0.39 is 12.8 Å². The lowest BCUT2D eigenvalue weighted by Gasteiger charge is -2.12. The monoisotopic (exact) mass is 412 g/mol. The van der Waals surface area contributed by atoms with Crippen molar-refractivity contribution in [1.29, 1.82) is 0 Å². The van der Waals surface area contributed by atoms with Crippen LogP contribution >= 0.6 is 0 Å². The SMILES string of the molecule is CCC(CC)c1cc(CNC(=NC)NCc2cccc(OCC(F)(F)F)c2)on1. The minimum Gasteiger partial charge on any atom is -0.484 e. The average molecular weight is 412 g/mol. The molecule has 0 aliphatic carbocycles. The maximum atomic E-state index is 12.3. The number of hydrogen-bond acceptors (Lipinski definition) is 4. The van der Waals surface area contributed by atoms with Gasteiger partial charge in [-0.2, -0.15) is 13.2 Å². The summed E-state index contributed by atoms with van der Waals surface area (Å²) in [5.74, 6) is 1.79. The third-order valence-corrected chi connectivity index (χ3v) is 4.40. The molecular formula is C20H27F3N4O2. The highest BCUT2D eigenvalue weighted by atomic mass is 19.4. The Hall–Kier alpha value is -2.71. The second kappa shape index (κ2) is 10.7. The van der Waals surface area contributed by atoms with Gasteiger partial charge in [-0.05, 0) is 30.5 Å². The van der Waals surface area contributed by atoms with Crippen molar-refractivity contribution in [2.45, 2.75) is 51.9 Å². The number of aliphatic imine (C=N–C) groups is 1. The van der Waals surface area contributed by atoms with Crippen LogP contribution in [0.15, 0.2) is 39.8 Å². The van der Waals surface area contributed by atoms with Crippen molar-refractivity contribution in [3.8, 4) is 5.75 Å². The summed E-state index contributed by atoms with van der Waals surface area (Å²) in [6, 6.07) is 8.43. The Balaban J connectivity index is 1.85. The second-order valence-electron chi connectivity index (χ2n) is 6.56. The summed E-state index contributed by atoms with van der Waals surface area (Å²) in [6.45, 7) is 3.72. The van der Waals surface area contributed by atoms with E-state index in [2.05, 4.69) is 34.6 Å². The third kappa shape index (κ3) is 7.67. The summed E-state index contributed by atoms with van der Waals surface area (Å²) >= 11 is 0. The van der Waals surface area contributed by atoms with Gasteiger partial charge in [0.2, 0.25) is 0 Å². The minimum atomic E-state index is -4.37. The van der Waals surface area contributed by atoms with E-state index in [-0.39, 0.29) is 5.75 Å². The molecule has 0 atom stereocenters. The van der Waals surface area contributed by atoms with Crippen LogP contribution in [-0.2, 0) is 13.1 Å². The number of halogens is 3. The lowest BCUT2D eigenvalue weighted by atomic mass is 9.99. The van der Waals surface area contributed by atoms with E-state index >= 15 is 0 Å². The van der Waals surface area contributed by atoms with Gasteiger partial charge in [-0.1, -0.05) is 31.1 Å². The van der Waals surface area contributed by atoms with Gasteiger partial charge in [-0.15, -0.1) is 0 Å². The summed E-state index contributed by atoms with van der Waals surface area (Å²) in [5.41, 5.74) is 1.72. The lowest BCUT2D eigenvalue weighted by Crippen LogP contribution is -2.36. The Bertz CT molecular complexity index is 786. The number of ether oxygens (including phenoxy) is 1. The Labute approximate surface area is 168 Å². The van der Waals surface area contributed by atoms with Crippen LogP contribution < -0.4 is 15.4 Å². The van der Waals surface area contributed by atoms with Crippen molar-refractivity contribution in [1.82, 2.24) is 15.8 Å². The van der Waals surface area contributed by atoms with E-state index in [4.69, 9.17) is 9.26 Å². The van der Waals surface area contributed by atoms with Crippen LogP contribution in [0.5, 0.6) is 5.75 Å². The van der Waals surface area contributed by atoms with E-state index in [0.717, 1.165) is 24.1 Å². The summed E-state index contributed by atoms with van der Waals surface area (Å²) < 4.78 is 47.0. The van der Waals surface area contributed by atoms with Crippen LogP contribution in [0, 0.1) is 0 Å². The molecule has 2 N–H and O–H groups in total. The number of benzene rings is 1. The van der Waals surface area contributed by atoms with Gasteiger partial charge in [0.05, 0.1) is 12.2 Å². The predicted octanol–water partition coefficient (Wildman–Crippen LogP) is 4.38. The maximum Gasteiger partial charge on any atom is 0.422 e. The van der Waals surface area contributed by atoms with Crippen molar-refractivity contribution in [2.24, 2.45) is 4.99 Å². The van der Waals surface area contributed by atoms with E-state index in [1.807, 2.05) is 6.07 Å². The van der Waals surface area contributed by atoms with Crippen molar-refractivity contribution in [2.75, 3.05) is 13.7 Å². The highest BCUT2D eigenvalue weighted by Gasteiger charge is 2.28. The fourth-order valence-corrected chi connectivity index (χ4v) is 2.80. The van der Waals surface area contributed by atoms with Gasteiger partial charge in [0.25, 0.3) is 0 Å². The highest BCUT2D eigenvalue weighted by Crippen LogP contribution is 2.22. The molecule has 0 fully saturated rings. The van der Waals surface area contributed by atoms with Crippen LogP contribution in [0.4, 0.5) is 13.2 Å². The molecule has 0 aliphatic heterocycles. The number of alkyl halides is 3. The molecule has 0 radical (unpaired) electrons. The Kier molecular flexibility index (Phi) is 8.35. The van der Waals surface area contributed by atoms with Gasteiger partial charge in [-0.25, -0.2) is 0 Å². The highest BCUT2D eigenvalue weighted by molar-refractivity contribution is 5.79. The Morgan fingerprint density at radius 2 is 1.90 bits per heavy atom. The molecule has 0 saturated carbocycles. The van der Waals surface area contributed by atoms with E-state index in [1.54, 1.807) is 25.2 Å². The summed E-state index contributed by atoms with van der Waals surface area (Å²) in [7, 11) is 1.63. The Morgan fingerprint density at radius 3 is 2.55 bits per heavy atom. The first-order valence-electron chi connectivity index (χ1n) is 9.53. The van der Waals surface area contributed by atoms with Gasteiger partial charge in [-0.3, -0.25) is 4.99 Å². The lowest BCUT2D eigenvalue weighted by molar-refractivity contribution is -0.153. The quantitative estimate of drug-likeness (QED) is 0.472. The standard InChI is InChI=1S/C20H27F3N4O2/c1-4-15(5-2)18-10-17(29-27-18)12-26-19(24-3)25-11-14-7-6-8-16(9-14)28-13-20(21,22)23/h6-10,15H,4-5,11-13H2,1-3H3,(H2,24,25,26).